The average molecular weight is 324 g/mol. The van der Waals surface area contributed by atoms with E-state index in [9.17, 15) is 4.79 Å². The van der Waals surface area contributed by atoms with Gasteiger partial charge in [-0.3, -0.25) is 14.3 Å². The van der Waals surface area contributed by atoms with Crippen LogP contribution in [0.15, 0.2) is 60.0 Å². The number of hydrogen-bond acceptors (Lipinski definition) is 5. The number of ketones is 1. The number of nitrogens with zero attached hydrogens (tertiary/aromatic N) is 4. The molecule has 0 aliphatic carbocycles. The van der Waals surface area contributed by atoms with Gasteiger partial charge in [-0.15, -0.1) is 10.2 Å². The van der Waals surface area contributed by atoms with Crippen LogP contribution in [0.4, 0.5) is 0 Å². The van der Waals surface area contributed by atoms with Gasteiger partial charge in [-0.2, -0.15) is 0 Å². The third-order valence-electron chi connectivity index (χ3n) is 3.24. The number of Topliss-reactive ketones (excluding diaryl/α,β-unsaturated/α-hetero) is 1. The lowest BCUT2D eigenvalue weighted by molar-refractivity contribution is -0.114. The number of aromatic nitrogens is 4. The molecule has 5 nitrogen and oxygen atoms in total. The summed E-state index contributed by atoms with van der Waals surface area (Å²) in [5, 5.41) is 9.32. The minimum Gasteiger partial charge on any atom is -0.299 e. The molecule has 1 aromatic carbocycles. The molecule has 0 aliphatic heterocycles. The molecule has 0 amide bonds. The quantitative estimate of drug-likeness (QED) is 0.652. The molecule has 6 heteroatoms. The molecule has 0 aliphatic rings. The fourth-order valence-corrected chi connectivity index (χ4v) is 2.92. The Labute approximate surface area is 138 Å². The molecule has 23 heavy (non-hydrogen) atoms. The van der Waals surface area contributed by atoms with Gasteiger partial charge >= 0.3 is 0 Å². The molecular weight excluding hydrogens is 308 g/mol. The summed E-state index contributed by atoms with van der Waals surface area (Å²) < 4.78 is 2.04. The van der Waals surface area contributed by atoms with Crippen molar-refractivity contribution in [1.29, 1.82) is 0 Å². The van der Waals surface area contributed by atoms with Crippen molar-refractivity contribution in [2.75, 3.05) is 5.75 Å². The van der Waals surface area contributed by atoms with Crippen LogP contribution in [0.2, 0.25) is 0 Å². The molecule has 3 aromatic rings. The van der Waals surface area contributed by atoms with Crippen LogP contribution < -0.4 is 0 Å². The van der Waals surface area contributed by atoms with E-state index in [-0.39, 0.29) is 5.78 Å². The fourth-order valence-electron chi connectivity index (χ4n) is 2.18. The Morgan fingerprint density at radius 1 is 1.09 bits per heavy atom. The smallest absolute Gasteiger partial charge is 0.192 e. The molecule has 3 rings (SSSR count). The molecule has 0 unspecified atom stereocenters. The van der Waals surface area contributed by atoms with Gasteiger partial charge in [0, 0.05) is 18.0 Å². The van der Waals surface area contributed by atoms with E-state index in [1.165, 1.54) is 11.8 Å². The number of benzene rings is 1. The molecule has 0 bridgehead atoms. The highest BCUT2D eigenvalue weighted by molar-refractivity contribution is 7.99. The fraction of sp³-hybridized carbons (Fsp3) is 0.176. The lowest BCUT2D eigenvalue weighted by Gasteiger charge is -2.10. The van der Waals surface area contributed by atoms with Gasteiger partial charge in [0.25, 0.3) is 0 Å². The van der Waals surface area contributed by atoms with E-state index in [2.05, 4.69) is 27.3 Å². The largest absolute Gasteiger partial charge is 0.299 e. The van der Waals surface area contributed by atoms with E-state index >= 15 is 0 Å². The summed E-state index contributed by atoms with van der Waals surface area (Å²) in [6, 6.07) is 14.0. The molecule has 0 saturated heterocycles. The summed E-state index contributed by atoms with van der Waals surface area (Å²) in [7, 11) is 0. The van der Waals surface area contributed by atoms with Gasteiger partial charge in [0.1, 0.15) is 5.78 Å². The molecule has 0 saturated carbocycles. The van der Waals surface area contributed by atoms with Crippen LogP contribution in [0.3, 0.4) is 0 Å². The second-order valence-corrected chi connectivity index (χ2v) is 6.05. The van der Waals surface area contributed by atoms with Gasteiger partial charge in [-0.05, 0) is 24.6 Å². The number of hydrogen-bond donors (Lipinski definition) is 0. The summed E-state index contributed by atoms with van der Waals surface area (Å²) in [5.41, 5.74) is 2.12. The molecule has 0 fully saturated rings. The summed E-state index contributed by atoms with van der Waals surface area (Å²) in [6.07, 6.45) is 3.47. The molecule has 0 radical (unpaired) electrons. The molecule has 116 valence electrons. The second kappa shape index (κ2) is 7.19. The topological polar surface area (TPSA) is 60.7 Å². The molecule has 2 heterocycles. The monoisotopic (exact) mass is 324 g/mol. The van der Waals surface area contributed by atoms with Crippen LogP contribution >= 0.6 is 11.8 Å². The Balaban J connectivity index is 1.97. The zero-order valence-electron chi connectivity index (χ0n) is 12.7. The van der Waals surface area contributed by atoms with Gasteiger partial charge in [0.15, 0.2) is 11.0 Å². The maximum atomic E-state index is 11.3. The Morgan fingerprint density at radius 3 is 2.52 bits per heavy atom. The van der Waals surface area contributed by atoms with Crippen LogP contribution in [-0.2, 0) is 11.3 Å². The molecule has 2 aromatic heterocycles. The van der Waals surface area contributed by atoms with Crippen molar-refractivity contribution < 1.29 is 4.79 Å². The minimum absolute atomic E-state index is 0.120. The van der Waals surface area contributed by atoms with Crippen LogP contribution in [0.1, 0.15) is 12.5 Å². The van der Waals surface area contributed by atoms with E-state index in [1.54, 1.807) is 19.3 Å². The first kappa shape index (κ1) is 15.4. The maximum Gasteiger partial charge on any atom is 0.192 e. The lowest BCUT2D eigenvalue weighted by Crippen LogP contribution is -2.05. The minimum atomic E-state index is 0.120. The van der Waals surface area contributed by atoms with Gasteiger partial charge in [-0.1, -0.05) is 42.1 Å². The number of pyridine rings is 1. The first-order valence-electron chi connectivity index (χ1n) is 7.24. The molecular formula is C17H16N4OS. The van der Waals surface area contributed by atoms with E-state index in [0.717, 1.165) is 22.1 Å². The molecule has 0 atom stereocenters. The van der Waals surface area contributed by atoms with Crippen molar-refractivity contribution in [2.24, 2.45) is 0 Å². The first-order valence-corrected chi connectivity index (χ1v) is 8.22. The van der Waals surface area contributed by atoms with Crippen molar-refractivity contribution in [3.05, 3.63) is 60.4 Å². The SMILES string of the molecule is CC(=O)CSc1nnc(-c2ccncc2)n1Cc1ccccc1. The molecule has 0 N–H and O–H groups in total. The highest BCUT2D eigenvalue weighted by Crippen LogP contribution is 2.24. The van der Waals surface area contributed by atoms with Crippen molar-refractivity contribution in [3.8, 4) is 11.4 Å². The summed E-state index contributed by atoms with van der Waals surface area (Å²) in [4.78, 5) is 15.3. The predicted octanol–water partition coefficient (Wildman–Crippen LogP) is 3.07. The number of rotatable bonds is 6. The van der Waals surface area contributed by atoms with Crippen LogP contribution in [0.25, 0.3) is 11.4 Å². The highest BCUT2D eigenvalue weighted by Gasteiger charge is 2.15. The average Bonchev–Trinajstić information content (AvgIpc) is 2.97. The Hall–Kier alpha value is -2.47. The number of thioether (sulfide) groups is 1. The third kappa shape index (κ3) is 3.84. The van der Waals surface area contributed by atoms with Crippen molar-refractivity contribution in [1.82, 2.24) is 19.7 Å². The van der Waals surface area contributed by atoms with Crippen molar-refractivity contribution in [3.63, 3.8) is 0 Å². The van der Waals surface area contributed by atoms with E-state index in [1.807, 2.05) is 34.9 Å². The summed E-state index contributed by atoms with van der Waals surface area (Å²) in [5.74, 6) is 1.29. The zero-order valence-corrected chi connectivity index (χ0v) is 13.5. The highest BCUT2D eigenvalue weighted by atomic mass is 32.2. The second-order valence-electron chi connectivity index (χ2n) is 5.10. The number of carbonyl (C=O) groups excluding carboxylic acids is 1. The van der Waals surface area contributed by atoms with Crippen LogP contribution in [0, 0.1) is 0 Å². The van der Waals surface area contributed by atoms with Gasteiger partial charge in [0.2, 0.25) is 0 Å². The first-order chi connectivity index (χ1) is 11.2. The standard InChI is InChI=1S/C17H16N4OS/c1-13(22)12-23-17-20-19-16(15-7-9-18-10-8-15)21(17)11-14-5-3-2-4-6-14/h2-10H,11-12H2,1H3. The van der Waals surface area contributed by atoms with Crippen LogP contribution in [0.5, 0.6) is 0 Å². The lowest BCUT2D eigenvalue weighted by atomic mass is 10.2. The Bertz CT molecular complexity index is 787. The van der Waals surface area contributed by atoms with Gasteiger partial charge < -0.3 is 0 Å². The number of carbonyl (C=O) groups is 1. The van der Waals surface area contributed by atoms with E-state index in [0.29, 0.717) is 12.3 Å². The normalized spacial score (nSPS) is 10.7. The predicted molar refractivity (Wildman–Crippen MR) is 90.2 cm³/mol. The maximum absolute atomic E-state index is 11.3. The van der Waals surface area contributed by atoms with E-state index in [4.69, 9.17) is 0 Å². The Morgan fingerprint density at radius 2 is 1.83 bits per heavy atom. The van der Waals surface area contributed by atoms with Crippen molar-refractivity contribution >= 4 is 17.5 Å². The third-order valence-corrected chi connectivity index (χ3v) is 4.35. The molecule has 0 spiro atoms. The Kier molecular flexibility index (Phi) is 4.83. The van der Waals surface area contributed by atoms with Crippen molar-refractivity contribution in [2.45, 2.75) is 18.6 Å². The van der Waals surface area contributed by atoms with Crippen LogP contribution in [-0.4, -0.2) is 31.3 Å². The van der Waals surface area contributed by atoms with Gasteiger partial charge in [0.05, 0.1) is 12.3 Å². The summed E-state index contributed by atoms with van der Waals surface area (Å²) in [6.45, 7) is 2.24. The summed E-state index contributed by atoms with van der Waals surface area (Å²) >= 11 is 1.41. The van der Waals surface area contributed by atoms with E-state index < -0.39 is 0 Å². The zero-order chi connectivity index (χ0) is 16.1. The van der Waals surface area contributed by atoms with Gasteiger partial charge in [-0.25, -0.2) is 0 Å².